The van der Waals surface area contributed by atoms with Gasteiger partial charge in [-0.3, -0.25) is 14.9 Å². The normalized spacial score (nSPS) is 15.7. The highest BCUT2D eigenvalue weighted by Gasteiger charge is 2.37. The molecule has 4 rings (SSSR count). The Kier molecular flexibility index (Phi) is 5.32. The lowest BCUT2D eigenvalue weighted by atomic mass is 10.1. The van der Waals surface area contributed by atoms with Crippen LogP contribution in [-0.2, 0) is 0 Å². The summed E-state index contributed by atoms with van der Waals surface area (Å²) in [4.78, 5) is 25.7. The molecule has 29 heavy (non-hydrogen) atoms. The van der Waals surface area contributed by atoms with Gasteiger partial charge in [0.1, 0.15) is 0 Å². The van der Waals surface area contributed by atoms with Crippen molar-refractivity contribution in [3.05, 3.63) is 57.1 Å². The molecule has 2 aromatic rings. The highest BCUT2D eigenvalue weighted by molar-refractivity contribution is 6.30. The van der Waals surface area contributed by atoms with E-state index in [-0.39, 0.29) is 28.1 Å². The summed E-state index contributed by atoms with van der Waals surface area (Å²) in [5, 5.41) is 11.5. The van der Waals surface area contributed by atoms with Gasteiger partial charge in [-0.05, 0) is 61.9 Å². The van der Waals surface area contributed by atoms with Crippen LogP contribution in [0.4, 0.5) is 5.69 Å². The van der Waals surface area contributed by atoms with Gasteiger partial charge >= 0.3 is 5.69 Å². The van der Waals surface area contributed by atoms with Gasteiger partial charge in [0, 0.05) is 29.2 Å². The zero-order valence-electron chi connectivity index (χ0n) is 16.0. The van der Waals surface area contributed by atoms with Crippen LogP contribution in [0.1, 0.15) is 36.0 Å². The Hall–Kier alpha value is -2.80. The van der Waals surface area contributed by atoms with Crippen LogP contribution < -0.4 is 9.47 Å². The van der Waals surface area contributed by atoms with Crippen molar-refractivity contribution in [2.24, 2.45) is 5.92 Å². The molecule has 0 atom stereocenters. The van der Waals surface area contributed by atoms with E-state index in [0.717, 1.165) is 19.4 Å². The zero-order chi connectivity index (χ0) is 20.5. The molecule has 0 saturated heterocycles. The molecule has 0 radical (unpaired) electrons. The second-order valence-electron chi connectivity index (χ2n) is 7.47. The summed E-state index contributed by atoms with van der Waals surface area (Å²) in [7, 11) is 1.47. The number of methoxy groups -OCH3 is 1. The molecule has 2 aliphatic rings. The Bertz CT molecular complexity index is 956. The first-order valence-electron chi connectivity index (χ1n) is 9.57. The van der Waals surface area contributed by atoms with Gasteiger partial charge in [0.2, 0.25) is 5.75 Å². The first-order chi connectivity index (χ1) is 14.0. The zero-order valence-corrected chi connectivity index (χ0v) is 16.7. The summed E-state index contributed by atoms with van der Waals surface area (Å²) in [5.41, 5.74) is 0.274. The summed E-state index contributed by atoms with van der Waals surface area (Å²) in [6, 6.07) is 9.41. The standard InChI is InChI=1S/C21H21ClN2O5/c1-28-20-10-14(21(25)23(16-6-7-16)12-13-2-3-13)4-8-19(20)29-18-9-5-15(22)11-17(18)24(26)27/h4-5,8-11,13,16H,2-3,6-7,12H2,1H3. The highest BCUT2D eigenvalue weighted by Crippen LogP contribution is 2.39. The molecule has 7 nitrogen and oxygen atoms in total. The van der Waals surface area contributed by atoms with Crippen LogP contribution in [0, 0.1) is 16.0 Å². The number of hydrogen-bond acceptors (Lipinski definition) is 5. The van der Waals surface area contributed by atoms with Gasteiger partial charge < -0.3 is 14.4 Å². The predicted octanol–water partition coefficient (Wildman–Crippen LogP) is 5.06. The molecule has 2 aromatic carbocycles. The largest absolute Gasteiger partial charge is 0.493 e. The van der Waals surface area contributed by atoms with Gasteiger partial charge in [-0.1, -0.05) is 11.6 Å². The maximum Gasteiger partial charge on any atom is 0.313 e. The van der Waals surface area contributed by atoms with Gasteiger partial charge in [-0.2, -0.15) is 0 Å². The Morgan fingerprint density at radius 3 is 2.48 bits per heavy atom. The number of rotatable bonds is 8. The SMILES string of the molecule is COc1cc(C(=O)N(CC2CC2)C2CC2)ccc1Oc1ccc(Cl)cc1[N+](=O)[O-]. The summed E-state index contributed by atoms with van der Waals surface area (Å²) in [6.45, 7) is 0.807. The van der Waals surface area contributed by atoms with Crippen LogP contribution in [0.3, 0.4) is 0 Å². The van der Waals surface area contributed by atoms with Crippen LogP contribution in [0.25, 0.3) is 0 Å². The van der Waals surface area contributed by atoms with Crippen molar-refractivity contribution in [2.75, 3.05) is 13.7 Å². The summed E-state index contributed by atoms with van der Waals surface area (Å²) in [5.74, 6) is 1.28. The average molecular weight is 417 g/mol. The summed E-state index contributed by atoms with van der Waals surface area (Å²) < 4.78 is 11.1. The molecule has 152 valence electrons. The Morgan fingerprint density at radius 1 is 1.14 bits per heavy atom. The Balaban J connectivity index is 1.58. The van der Waals surface area contributed by atoms with Gasteiger partial charge in [0.25, 0.3) is 5.91 Å². The Labute approximate surface area is 173 Å². The van der Waals surface area contributed by atoms with Crippen LogP contribution in [0.15, 0.2) is 36.4 Å². The monoisotopic (exact) mass is 416 g/mol. The molecule has 8 heteroatoms. The van der Waals surface area contributed by atoms with Crippen LogP contribution in [0.5, 0.6) is 17.2 Å². The van der Waals surface area contributed by atoms with Gasteiger partial charge in [-0.25, -0.2) is 0 Å². The molecule has 2 saturated carbocycles. The van der Waals surface area contributed by atoms with Crippen LogP contribution in [0.2, 0.25) is 5.02 Å². The molecular weight excluding hydrogens is 396 g/mol. The molecular formula is C21H21ClN2O5. The number of nitrogens with zero attached hydrogens (tertiary/aromatic N) is 2. The van der Waals surface area contributed by atoms with Crippen LogP contribution in [-0.4, -0.2) is 35.4 Å². The minimum Gasteiger partial charge on any atom is -0.493 e. The van der Waals surface area contributed by atoms with E-state index in [9.17, 15) is 14.9 Å². The summed E-state index contributed by atoms with van der Waals surface area (Å²) >= 11 is 5.85. The fourth-order valence-electron chi connectivity index (χ4n) is 3.25. The number of amides is 1. The van der Waals surface area contributed by atoms with Crippen molar-refractivity contribution in [3.63, 3.8) is 0 Å². The summed E-state index contributed by atoms with van der Waals surface area (Å²) in [6.07, 6.45) is 4.48. The first-order valence-corrected chi connectivity index (χ1v) is 9.95. The second kappa shape index (κ2) is 7.91. The van der Waals surface area contributed by atoms with Crippen molar-refractivity contribution >= 4 is 23.2 Å². The molecule has 0 bridgehead atoms. The van der Waals surface area contributed by atoms with E-state index in [4.69, 9.17) is 21.1 Å². The molecule has 0 unspecified atom stereocenters. The molecule has 2 fully saturated rings. The van der Waals surface area contributed by atoms with E-state index >= 15 is 0 Å². The van der Waals surface area contributed by atoms with E-state index in [1.165, 1.54) is 38.2 Å². The third-order valence-electron chi connectivity index (χ3n) is 5.15. The number of halogens is 1. The molecule has 1 amide bonds. The van der Waals surface area contributed by atoms with E-state index in [1.54, 1.807) is 18.2 Å². The van der Waals surface area contributed by atoms with E-state index in [2.05, 4.69) is 0 Å². The lowest BCUT2D eigenvalue weighted by molar-refractivity contribution is -0.385. The highest BCUT2D eigenvalue weighted by atomic mass is 35.5. The Morgan fingerprint density at radius 2 is 1.86 bits per heavy atom. The number of nitro groups is 1. The van der Waals surface area contributed by atoms with Crippen molar-refractivity contribution in [2.45, 2.75) is 31.7 Å². The van der Waals surface area contributed by atoms with Crippen molar-refractivity contribution < 1.29 is 19.2 Å². The minimum absolute atomic E-state index is 0.0123. The van der Waals surface area contributed by atoms with Crippen molar-refractivity contribution in [1.82, 2.24) is 4.90 Å². The molecule has 0 heterocycles. The molecule has 0 spiro atoms. The fourth-order valence-corrected chi connectivity index (χ4v) is 3.42. The third kappa shape index (κ3) is 4.45. The van der Waals surface area contributed by atoms with Gasteiger partial charge in [0.15, 0.2) is 11.5 Å². The van der Waals surface area contributed by atoms with E-state index in [1.807, 2.05) is 4.90 Å². The molecule has 2 aliphatic carbocycles. The quantitative estimate of drug-likeness (QED) is 0.443. The lowest BCUT2D eigenvalue weighted by Crippen LogP contribution is -2.34. The number of hydrogen-bond donors (Lipinski definition) is 0. The second-order valence-corrected chi connectivity index (χ2v) is 7.91. The van der Waals surface area contributed by atoms with Crippen molar-refractivity contribution in [1.29, 1.82) is 0 Å². The first kappa shape index (κ1) is 19.5. The average Bonchev–Trinajstić information content (AvgIpc) is 3.61. The van der Waals surface area contributed by atoms with Crippen molar-refractivity contribution in [3.8, 4) is 17.2 Å². The van der Waals surface area contributed by atoms with Gasteiger partial charge in [0.05, 0.1) is 12.0 Å². The predicted molar refractivity (Wildman–Crippen MR) is 108 cm³/mol. The number of benzene rings is 2. The topological polar surface area (TPSA) is 81.9 Å². The third-order valence-corrected chi connectivity index (χ3v) is 5.38. The molecule has 0 aliphatic heterocycles. The minimum atomic E-state index is -0.559. The number of carbonyl (C=O) groups excluding carboxylic acids is 1. The maximum absolute atomic E-state index is 13.0. The van der Waals surface area contributed by atoms with Crippen LogP contribution >= 0.6 is 11.6 Å². The maximum atomic E-state index is 13.0. The van der Waals surface area contributed by atoms with E-state index < -0.39 is 4.92 Å². The molecule has 0 N–H and O–H groups in total. The fraction of sp³-hybridized carbons (Fsp3) is 0.381. The number of nitro benzene ring substituents is 1. The van der Waals surface area contributed by atoms with E-state index in [0.29, 0.717) is 23.3 Å². The van der Waals surface area contributed by atoms with Gasteiger partial charge in [-0.15, -0.1) is 0 Å². The lowest BCUT2D eigenvalue weighted by Gasteiger charge is -2.23. The number of ether oxygens (including phenoxy) is 2. The smallest absolute Gasteiger partial charge is 0.313 e. The number of carbonyl (C=O) groups is 1. The molecule has 0 aromatic heterocycles.